The molecule has 0 bridgehead atoms. The summed E-state index contributed by atoms with van der Waals surface area (Å²) in [6.45, 7) is 0. The van der Waals surface area contributed by atoms with E-state index in [4.69, 9.17) is 9.97 Å². The molecule has 0 saturated carbocycles. The Balaban J connectivity index is 1.23. The van der Waals surface area contributed by atoms with Gasteiger partial charge in [0.25, 0.3) is 0 Å². The SMILES string of the molecule is c1ccc(-c2cc(-c3ccc(-n4c5ccccc5c5ccc6c7ccccc7n(-c7ccccc7)c6c54)c4ccccc34)nc(-c3ccccc3)n2)cc1. The molecule has 4 heteroatoms. The Kier molecular flexibility index (Phi) is 6.82. The van der Waals surface area contributed by atoms with Gasteiger partial charge in [-0.15, -0.1) is 0 Å². The van der Waals surface area contributed by atoms with E-state index >= 15 is 0 Å². The molecule has 0 radical (unpaired) electrons. The van der Waals surface area contributed by atoms with Gasteiger partial charge in [-0.25, -0.2) is 9.97 Å². The van der Waals surface area contributed by atoms with E-state index in [0.29, 0.717) is 5.82 Å². The highest BCUT2D eigenvalue weighted by Crippen LogP contribution is 2.43. The van der Waals surface area contributed by atoms with Crippen LogP contribution in [0, 0.1) is 0 Å². The molecule has 0 aliphatic heterocycles. The van der Waals surface area contributed by atoms with Crippen molar-refractivity contribution < 1.29 is 0 Å². The number of rotatable bonds is 5. The molecule has 3 heterocycles. The fourth-order valence-corrected chi connectivity index (χ4v) is 8.36. The minimum atomic E-state index is 0.707. The van der Waals surface area contributed by atoms with Gasteiger partial charge >= 0.3 is 0 Å². The summed E-state index contributed by atoms with van der Waals surface area (Å²) in [6.07, 6.45) is 0. The zero-order valence-electron chi connectivity index (χ0n) is 29.3. The van der Waals surface area contributed by atoms with Gasteiger partial charge in [-0.1, -0.05) is 158 Å². The Hall–Kier alpha value is -7.30. The second kappa shape index (κ2) is 12.1. The Morgan fingerprint density at radius 1 is 0.333 bits per heavy atom. The number of hydrogen-bond donors (Lipinski definition) is 0. The van der Waals surface area contributed by atoms with Crippen molar-refractivity contribution in [3.63, 3.8) is 0 Å². The second-order valence-electron chi connectivity index (χ2n) is 13.8. The summed E-state index contributed by atoms with van der Waals surface area (Å²) < 4.78 is 4.93. The standard InChI is InChI=1S/C50H32N4/c1-4-16-33(17-5-1)43-32-44(52-50(51-43)34-18-6-2-7-19-34)37-30-31-47(38-23-11-10-22-36(37)38)54-46-27-15-13-25-40(46)42-29-28-41-39-24-12-14-26-45(39)53(48(41)49(42)54)35-20-8-3-9-21-35/h1-32H. The van der Waals surface area contributed by atoms with Crippen molar-refractivity contribution in [3.05, 3.63) is 194 Å². The van der Waals surface area contributed by atoms with Crippen LogP contribution in [0.1, 0.15) is 0 Å². The molecule has 0 saturated heterocycles. The Labute approximate surface area is 311 Å². The predicted octanol–water partition coefficient (Wildman–Crippen LogP) is 12.8. The fourth-order valence-electron chi connectivity index (χ4n) is 8.36. The first-order valence-corrected chi connectivity index (χ1v) is 18.3. The van der Waals surface area contributed by atoms with Crippen molar-refractivity contribution in [2.45, 2.75) is 0 Å². The monoisotopic (exact) mass is 688 g/mol. The van der Waals surface area contributed by atoms with Crippen LogP contribution in [0.5, 0.6) is 0 Å². The van der Waals surface area contributed by atoms with E-state index in [1.807, 2.05) is 24.3 Å². The summed E-state index contributed by atoms with van der Waals surface area (Å²) in [5.74, 6) is 0.707. The van der Waals surface area contributed by atoms with E-state index < -0.39 is 0 Å². The van der Waals surface area contributed by atoms with Crippen molar-refractivity contribution in [1.82, 2.24) is 19.1 Å². The molecular weight excluding hydrogens is 657 g/mol. The number of fused-ring (bicyclic) bond motifs is 8. The minimum absolute atomic E-state index is 0.707. The lowest BCUT2D eigenvalue weighted by Gasteiger charge is -2.17. The quantitative estimate of drug-likeness (QED) is 0.180. The molecule has 0 unspecified atom stereocenters. The van der Waals surface area contributed by atoms with Crippen LogP contribution in [0.4, 0.5) is 0 Å². The average Bonchev–Trinajstić information content (AvgIpc) is 3.77. The number of aromatic nitrogens is 4. The lowest BCUT2D eigenvalue weighted by atomic mass is 9.98. The van der Waals surface area contributed by atoms with E-state index in [-0.39, 0.29) is 0 Å². The highest BCUT2D eigenvalue weighted by atomic mass is 15.0. The van der Waals surface area contributed by atoms with Gasteiger partial charge in [-0.05, 0) is 41.8 Å². The molecule has 0 aliphatic carbocycles. The topological polar surface area (TPSA) is 35.6 Å². The van der Waals surface area contributed by atoms with Crippen LogP contribution in [-0.2, 0) is 0 Å². The van der Waals surface area contributed by atoms with E-state index in [1.165, 1.54) is 43.6 Å². The largest absolute Gasteiger partial charge is 0.307 e. The van der Waals surface area contributed by atoms with E-state index in [9.17, 15) is 0 Å². The van der Waals surface area contributed by atoms with Crippen LogP contribution >= 0.6 is 0 Å². The van der Waals surface area contributed by atoms with Crippen LogP contribution in [0.2, 0.25) is 0 Å². The summed E-state index contributed by atoms with van der Waals surface area (Å²) >= 11 is 0. The molecule has 0 fully saturated rings. The van der Waals surface area contributed by atoms with Crippen molar-refractivity contribution in [2.75, 3.05) is 0 Å². The maximum absolute atomic E-state index is 5.23. The summed E-state index contributed by atoms with van der Waals surface area (Å²) in [6, 6.07) is 69.0. The highest BCUT2D eigenvalue weighted by Gasteiger charge is 2.23. The lowest BCUT2D eigenvalue weighted by molar-refractivity contribution is 1.15. The molecule has 8 aromatic carbocycles. The van der Waals surface area contributed by atoms with Gasteiger partial charge in [0, 0.05) is 49.3 Å². The summed E-state index contributed by atoms with van der Waals surface area (Å²) in [5.41, 5.74) is 11.9. The molecule has 11 rings (SSSR count). The van der Waals surface area contributed by atoms with Crippen molar-refractivity contribution in [1.29, 1.82) is 0 Å². The van der Waals surface area contributed by atoms with E-state index in [0.717, 1.165) is 50.2 Å². The third-order valence-electron chi connectivity index (χ3n) is 10.7. The molecule has 0 aliphatic rings. The minimum Gasteiger partial charge on any atom is -0.307 e. The van der Waals surface area contributed by atoms with Crippen molar-refractivity contribution in [2.24, 2.45) is 0 Å². The Bertz CT molecular complexity index is 3140. The Morgan fingerprint density at radius 2 is 0.833 bits per heavy atom. The molecule has 3 aromatic heterocycles. The van der Waals surface area contributed by atoms with Crippen molar-refractivity contribution in [3.8, 4) is 45.3 Å². The molecule has 4 nitrogen and oxygen atoms in total. The first-order chi connectivity index (χ1) is 26.8. The first-order valence-electron chi connectivity index (χ1n) is 18.3. The van der Waals surface area contributed by atoms with Crippen LogP contribution in [0.25, 0.3) is 99.7 Å². The van der Waals surface area contributed by atoms with Crippen LogP contribution in [0.15, 0.2) is 194 Å². The van der Waals surface area contributed by atoms with Crippen LogP contribution in [-0.4, -0.2) is 19.1 Å². The van der Waals surface area contributed by atoms with Gasteiger partial charge in [0.15, 0.2) is 5.82 Å². The molecule has 54 heavy (non-hydrogen) atoms. The van der Waals surface area contributed by atoms with E-state index in [2.05, 4.69) is 179 Å². The molecule has 0 atom stereocenters. The highest BCUT2D eigenvalue weighted by molar-refractivity contribution is 6.24. The fraction of sp³-hybridized carbons (Fsp3) is 0. The molecule has 252 valence electrons. The molecule has 0 amide bonds. The van der Waals surface area contributed by atoms with Gasteiger partial charge in [0.1, 0.15) is 0 Å². The number of para-hydroxylation sites is 3. The number of hydrogen-bond acceptors (Lipinski definition) is 2. The van der Waals surface area contributed by atoms with Gasteiger partial charge in [0.2, 0.25) is 0 Å². The maximum Gasteiger partial charge on any atom is 0.160 e. The first kappa shape index (κ1) is 30.3. The number of nitrogens with zero attached hydrogens (tertiary/aromatic N) is 4. The van der Waals surface area contributed by atoms with Crippen LogP contribution in [0.3, 0.4) is 0 Å². The average molecular weight is 689 g/mol. The van der Waals surface area contributed by atoms with Gasteiger partial charge in [-0.3, -0.25) is 0 Å². The second-order valence-corrected chi connectivity index (χ2v) is 13.8. The predicted molar refractivity (Wildman–Crippen MR) is 225 cm³/mol. The normalized spacial score (nSPS) is 11.7. The number of benzene rings is 8. The molecule has 0 N–H and O–H groups in total. The summed E-state index contributed by atoms with van der Waals surface area (Å²) in [7, 11) is 0. The summed E-state index contributed by atoms with van der Waals surface area (Å²) in [4.78, 5) is 10.3. The Morgan fingerprint density at radius 3 is 1.50 bits per heavy atom. The zero-order valence-corrected chi connectivity index (χ0v) is 29.3. The van der Waals surface area contributed by atoms with Gasteiger partial charge in [0.05, 0.1) is 39.1 Å². The summed E-state index contributed by atoms with van der Waals surface area (Å²) in [5, 5.41) is 7.20. The van der Waals surface area contributed by atoms with Crippen LogP contribution < -0.4 is 0 Å². The third kappa shape index (κ3) is 4.64. The maximum atomic E-state index is 5.23. The third-order valence-corrected chi connectivity index (χ3v) is 10.7. The molecule has 11 aromatic rings. The molecule has 0 spiro atoms. The van der Waals surface area contributed by atoms with Gasteiger partial charge < -0.3 is 9.13 Å². The van der Waals surface area contributed by atoms with Crippen molar-refractivity contribution >= 4 is 54.4 Å². The smallest absolute Gasteiger partial charge is 0.160 e. The zero-order chi connectivity index (χ0) is 35.6. The molecular formula is C50H32N4. The van der Waals surface area contributed by atoms with E-state index in [1.54, 1.807) is 0 Å². The van der Waals surface area contributed by atoms with Gasteiger partial charge in [-0.2, -0.15) is 0 Å². The lowest BCUT2D eigenvalue weighted by Crippen LogP contribution is -2.00.